The first-order chi connectivity index (χ1) is 15.3. The number of para-hydroxylation sites is 1. The topological polar surface area (TPSA) is 49.5 Å². The van der Waals surface area contributed by atoms with Crippen LogP contribution in [0.1, 0.15) is 42.0 Å². The number of hydrogen-bond acceptors (Lipinski definition) is 4. The van der Waals surface area contributed by atoms with Gasteiger partial charge in [-0.15, -0.1) is 0 Å². The Labute approximate surface area is 183 Å². The highest BCUT2D eigenvalue weighted by Gasteiger charge is 2.31. The van der Waals surface area contributed by atoms with Crippen LogP contribution in [-0.4, -0.2) is 42.9 Å². The van der Waals surface area contributed by atoms with Crippen LogP contribution < -0.4 is 14.8 Å². The van der Waals surface area contributed by atoms with Gasteiger partial charge in [0.2, 0.25) is 6.79 Å². The molecule has 0 aliphatic carbocycles. The quantitative estimate of drug-likeness (QED) is 0.645. The minimum absolute atomic E-state index is 0.344. The molecule has 0 radical (unpaired) electrons. The second kappa shape index (κ2) is 8.21. The molecule has 0 spiro atoms. The molecule has 5 nitrogen and oxygen atoms in total. The van der Waals surface area contributed by atoms with Gasteiger partial charge in [0.05, 0.1) is 0 Å². The predicted octanol–water partition coefficient (Wildman–Crippen LogP) is 4.43. The largest absolute Gasteiger partial charge is 0.454 e. The van der Waals surface area contributed by atoms with E-state index >= 15 is 0 Å². The Bertz CT molecular complexity index is 1070. The Morgan fingerprint density at radius 2 is 1.87 bits per heavy atom. The molecule has 2 aromatic carbocycles. The molecule has 1 fully saturated rings. The molecule has 1 saturated heterocycles. The van der Waals surface area contributed by atoms with Gasteiger partial charge in [-0.3, -0.25) is 4.90 Å². The molecule has 31 heavy (non-hydrogen) atoms. The number of rotatable bonds is 5. The number of H-pyrrole nitrogens is 1. The summed E-state index contributed by atoms with van der Waals surface area (Å²) >= 11 is 0. The number of benzene rings is 2. The van der Waals surface area contributed by atoms with Crippen molar-refractivity contribution in [1.29, 1.82) is 0 Å². The smallest absolute Gasteiger partial charge is 0.231 e. The molecule has 0 saturated carbocycles. The number of nitrogens with one attached hydrogen (secondary N) is 2. The van der Waals surface area contributed by atoms with Crippen molar-refractivity contribution in [3.8, 4) is 11.5 Å². The van der Waals surface area contributed by atoms with E-state index < -0.39 is 0 Å². The molecular formula is C26H31N3O2. The van der Waals surface area contributed by atoms with Gasteiger partial charge >= 0.3 is 0 Å². The zero-order chi connectivity index (χ0) is 20.6. The molecule has 6 rings (SSSR count). The van der Waals surface area contributed by atoms with E-state index in [4.69, 9.17) is 9.47 Å². The summed E-state index contributed by atoms with van der Waals surface area (Å²) in [5.74, 6) is 2.63. The number of piperidine rings is 1. The molecule has 0 unspecified atom stereocenters. The summed E-state index contributed by atoms with van der Waals surface area (Å²) in [5, 5.41) is 4.87. The summed E-state index contributed by atoms with van der Waals surface area (Å²) in [5.41, 5.74) is 5.54. The number of fused-ring (bicyclic) bond motifs is 3. The van der Waals surface area contributed by atoms with Gasteiger partial charge in [-0.25, -0.2) is 0 Å². The van der Waals surface area contributed by atoms with Crippen molar-refractivity contribution in [2.45, 2.75) is 38.1 Å². The number of aromatic amines is 1. The van der Waals surface area contributed by atoms with Crippen molar-refractivity contribution in [3.05, 3.63) is 59.3 Å². The average Bonchev–Trinajstić information content (AvgIpc) is 3.44. The fraction of sp³-hybridized carbons (Fsp3) is 0.462. The van der Waals surface area contributed by atoms with Gasteiger partial charge in [0.15, 0.2) is 11.5 Å². The van der Waals surface area contributed by atoms with E-state index in [-0.39, 0.29) is 0 Å². The van der Waals surface area contributed by atoms with Gasteiger partial charge in [-0.05, 0) is 86.0 Å². The van der Waals surface area contributed by atoms with Gasteiger partial charge in [0.1, 0.15) is 0 Å². The Morgan fingerprint density at radius 3 is 2.77 bits per heavy atom. The van der Waals surface area contributed by atoms with E-state index in [9.17, 15) is 0 Å². The van der Waals surface area contributed by atoms with Crippen LogP contribution in [0.4, 0.5) is 0 Å². The van der Waals surface area contributed by atoms with Crippen LogP contribution in [-0.2, 0) is 12.8 Å². The van der Waals surface area contributed by atoms with Crippen LogP contribution in [0.15, 0.2) is 42.6 Å². The van der Waals surface area contributed by atoms with E-state index in [0.29, 0.717) is 12.8 Å². The normalized spacial score (nSPS) is 21.5. The van der Waals surface area contributed by atoms with Crippen molar-refractivity contribution in [1.82, 2.24) is 15.2 Å². The number of ether oxygens (including phenoxy) is 2. The maximum atomic E-state index is 5.75. The summed E-state index contributed by atoms with van der Waals surface area (Å²) in [6.07, 6.45) is 8.08. The van der Waals surface area contributed by atoms with Gasteiger partial charge in [0, 0.05) is 36.2 Å². The van der Waals surface area contributed by atoms with E-state index in [2.05, 4.69) is 57.8 Å². The van der Waals surface area contributed by atoms with Crippen molar-refractivity contribution in [2.24, 2.45) is 5.92 Å². The van der Waals surface area contributed by atoms with Gasteiger partial charge in [-0.1, -0.05) is 18.2 Å². The number of aryl methyl sites for hydroxylation is 1. The fourth-order valence-corrected chi connectivity index (χ4v) is 5.73. The van der Waals surface area contributed by atoms with E-state index in [0.717, 1.165) is 56.3 Å². The summed E-state index contributed by atoms with van der Waals surface area (Å²) in [6, 6.07) is 13.6. The second-order valence-electron chi connectivity index (χ2n) is 9.26. The number of aromatic nitrogens is 1. The average molecular weight is 418 g/mol. The van der Waals surface area contributed by atoms with Crippen LogP contribution in [0.2, 0.25) is 0 Å². The van der Waals surface area contributed by atoms with Crippen molar-refractivity contribution in [3.63, 3.8) is 0 Å². The highest BCUT2D eigenvalue weighted by atomic mass is 16.7. The first-order valence-electron chi connectivity index (χ1n) is 11.8. The first-order valence-corrected chi connectivity index (χ1v) is 11.8. The van der Waals surface area contributed by atoms with E-state index in [1.165, 1.54) is 47.0 Å². The molecule has 3 aromatic rings. The highest BCUT2D eigenvalue weighted by molar-refractivity contribution is 5.83. The molecule has 0 amide bonds. The Kier molecular flexibility index (Phi) is 5.09. The van der Waals surface area contributed by atoms with Crippen LogP contribution in [0.5, 0.6) is 11.5 Å². The molecule has 3 aliphatic rings. The lowest BCUT2D eigenvalue weighted by molar-refractivity contribution is 0.135. The molecule has 2 N–H and O–H groups in total. The lowest BCUT2D eigenvalue weighted by atomic mass is 9.86. The SMILES string of the molecule is c1ccc2c(CC[C@@H]3c4cc5c(cc4CCN3CC3CCNCC3)OCO5)c[nH]c2c1. The third-order valence-corrected chi connectivity index (χ3v) is 7.42. The van der Waals surface area contributed by atoms with E-state index in [1.807, 2.05) is 0 Å². The highest BCUT2D eigenvalue weighted by Crippen LogP contribution is 2.42. The lowest BCUT2D eigenvalue weighted by Gasteiger charge is -2.40. The Balaban J connectivity index is 1.29. The maximum absolute atomic E-state index is 5.75. The van der Waals surface area contributed by atoms with Crippen molar-refractivity contribution < 1.29 is 9.47 Å². The Hall–Kier alpha value is -2.50. The molecular weight excluding hydrogens is 386 g/mol. The summed E-state index contributed by atoms with van der Waals surface area (Å²) in [6.45, 7) is 5.00. The van der Waals surface area contributed by atoms with Crippen LogP contribution in [0, 0.1) is 5.92 Å². The van der Waals surface area contributed by atoms with Crippen LogP contribution >= 0.6 is 0 Å². The minimum atomic E-state index is 0.344. The van der Waals surface area contributed by atoms with Crippen molar-refractivity contribution >= 4 is 10.9 Å². The molecule has 4 heterocycles. The monoisotopic (exact) mass is 417 g/mol. The number of nitrogens with zero attached hydrogens (tertiary/aromatic N) is 1. The third kappa shape index (κ3) is 3.70. The summed E-state index contributed by atoms with van der Waals surface area (Å²) in [7, 11) is 0. The molecule has 3 aliphatic heterocycles. The molecule has 162 valence electrons. The molecule has 0 bridgehead atoms. The van der Waals surface area contributed by atoms with E-state index in [1.54, 1.807) is 0 Å². The van der Waals surface area contributed by atoms with Gasteiger partial charge < -0.3 is 19.8 Å². The third-order valence-electron chi connectivity index (χ3n) is 7.42. The molecule has 1 atom stereocenters. The maximum Gasteiger partial charge on any atom is 0.231 e. The fourth-order valence-electron chi connectivity index (χ4n) is 5.73. The van der Waals surface area contributed by atoms with Crippen LogP contribution in [0.25, 0.3) is 10.9 Å². The summed E-state index contributed by atoms with van der Waals surface area (Å²) in [4.78, 5) is 6.21. The molecule has 1 aromatic heterocycles. The number of hydrogen-bond donors (Lipinski definition) is 2. The predicted molar refractivity (Wildman–Crippen MR) is 123 cm³/mol. The van der Waals surface area contributed by atoms with Gasteiger partial charge in [-0.2, -0.15) is 0 Å². The standard InChI is InChI=1S/C26H31N3O2/c1-2-4-23-21(3-1)20(15-28-23)5-6-24-22-14-26-25(30-17-31-26)13-19(22)9-12-29(24)16-18-7-10-27-11-8-18/h1-4,13-15,18,24,27-28H,5-12,16-17H2/t24-/m1/s1. The zero-order valence-electron chi connectivity index (χ0n) is 18.0. The minimum Gasteiger partial charge on any atom is -0.454 e. The lowest BCUT2D eigenvalue weighted by Crippen LogP contribution is -2.41. The first kappa shape index (κ1) is 19.2. The van der Waals surface area contributed by atoms with Crippen molar-refractivity contribution in [2.75, 3.05) is 33.0 Å². The Morgan fingerprint density at radius 1 is 1.03 bits per heavy atom. The van der Waals surface area contributed by atoms with Gasteiger partial charge in [0.25, 0.3) is 0 Å². The molecule has 5 heteroatoms. The van der Waals surface area contributed by atoms with Crippen LogP contribution in [0.3, 0.4) is 0 Å². The second-order valence-corrected chi connectivity index (χ2v) is 9.26. The summed E-state index contributed by atoms with van der Waals surface area (Å²) < 4.78 is 11.4. The zero-order valence-corrected chi connectivity index (χ0v) is 18.0.